The van der Waals surface area contributed by atoms with Crippen LogP contribution in [0.1, 0.15) is 52.4 Å². The molecule has 0 bridgehead atoms. The Morgan fingerprint density at radius 2 is 1.94 bits per heavy atom. The second-order valence-electron chi connectivity index (χ2n) is 6.08. The molecule has 0 aromatic carbocycles. The summed E-state index contributed by atoms with van der Waals surface area (Å²) in [5, 5.41) is 13.0. The Morgan fingerprint density at radius 3 is 2.47 bits per heavy atom. The highest BCUT2D eigenvalue weighted by molar-refractivity contribution is 5.78. The standard InChI is InChI=1S/C13H25N3O/c1-13(2)10(8-11(13)17)16-12(14)15-9-6-4-3-5-7-9/h9-11,17H,3-8H2,1-2H3,(H3,14,15,16). The van der Waals surface area contributed by atoms with Gasteiger partial charge >= 0.3 is 0 Å². The fraction of sp³-hybridized carbons (Fsp3) is 0.923. The van der Waals surface area contributed by atoms with Crippen molar-refractivity contribution in [3.05, 3.63) is 0 Å². The van der Waals surface area contributed by atoms with Crippen LogP contribution in [0.5, 0.6) is 0 Å². The summed E-state index contributed by atoms with van der Waals surface area (Å²) in [5.41, 5.74) is 5.81. The van der Waals surface area contributed by atoms with Crippen molar-refractivity contribution in [2.24, 2.45) is 16.1 Å². The van der Waals surface area contributed by atoms with E-state index in [1.165, 1.54) is 32.1 Å². The molecule has 2 unspecified atom stereocenters. The van der Waals surface area contributed by atoms with E-state index in [0.29, 0.717) is 12.0 Å². The van der Waals surface area contributed by atoms with Crippen molar-refractivity contribution in [3.63, 3.8) is 0 Å². The van der Waals surface area contributed by atoms with Crippen LogP contribution in [0.25, 0.3) is 0 Å². The molecule has 4 N–H and O–H groups in total. The summed E-state index contributed by atoms with van der Waals surface area (Å²) >= 11 is 0. The molecule has 4 nitrogen and oxygen atoms in total. The van der Waals surface area contributed by atoms with Crippen LogP contribution in [0.3, 0.4) is 0 Å². The SMILES string of the molecule is CC1(C)C(O)CC1N=C(N)NC1CCCCC1. The highest BCUT2D eigenvalue weighted by Gasteiger charge is 2.47. The molecule has 0 radical (unpaired) electrons. The van der Waals surface area contributed by atoms with Gasteiger partial charge in [0.15, 0.2) is 5.96 Å². The Morgan fingerprint density at radius 1 is 1.29 bits per heavy atom. The molecule has 4 heteroatoms. The van der Waals surface area contributed by atoms with Crippen LogP contribution in [0.2, 0.25) is 0 Å². The van der Waals surface area contributed by atoms with Crippen LogP contribution < -0.4 is 11.1 Å². The normalized spacial score (nSPS) is 34.2. The number of nitrogens with two attached hydrogens (primary N) is 1. The molecule has 0 spiro atoms. The molecule has 2 aliphatic carbocycles. The Balaban J connectivity index is 1.85. The number of nitrogens with one attached hydrogen (secondary N) is 1. The number of hydrogen-bond acceptors (Lipinski definition) is 2. The van der Waals surface area contributed by atoms with Crippen molar-refractivity contribution in [3.8, 4) is 0 Å². The molecular formula is C13H25N3O. The third kappa shape index (κ3) is 2.73. The Labute approximate surface area is 104 Å². The molecule has 2 aliphatic rings. The maximum atomic E-state index is 9.65. The highest BCUT2D eigenvalue weighted by Crippen LogP contribution is 2.42. The van der Waals surface area contributed by atoms with Gasteiger partial charge in [0.2, 0.25) is 0 Å². The molecule has 0 amide bonds. The first-order valence-electron chi connectivity index (χ1n) is 6.78. The predicted molar refractivity (Wildman–Crippen MR) is 69.8 cm³/mol. The lowest BCUT2D eigenvalue weighted by Crippen LogP contribution is -2.54. The van der Waals surface area contributed by atoms with E-state index in [9.17, 15) is 5.11 Å². The number of nitrogens with zero attached hydrogens (tertiary/aromatic N) is 1. The summed E-state index contributed by atoms with van der Waals surface area (Å²) in [6.07, 6.45) is 6.83. The number of aliphatic hydroxyl groups is 1. The van der Waals surface area contributed by atoms with E-state index in [1.54, 1.807) is 0 Å². The number of aliphatic hydroxyl groups excluding tert-OH is 1. The van der Waals surface area contributed by atoms with E-state index >= 15 is 0 Å². The smallest absolute Gasteiger partial charge is 0.189 e. The molecule has 0 aliphatic heterocycles. The minimum absolute atomic E-state index is 0.126. The molecule has 2 rings (SSSR count). The molecule has 2 fully saturated rings. The molecule has 98 valence electrons. The largest absolute Gasteiger partial charge is 0.392 e. The van der Waals surface area contributed by atoms with E-state index < -0.39 is 0 Å². The van der Waals surface area contributed by atoms with Gasteiger partial charge in [-0.15, -0.1) is 0 Å². The topological polar surface area (TPSA) is 70.6 Å². The van der Waals surface area contributed by atoms with Crippen LogP contribution in [0.15, 0.2) is 4.99 Å². The second kappa shape index (κ2) is 4.84. The summed E-state index contributed by atoms with van der Waals surface area (Å²) < 4.78 is 0. The highest BCUT2D eigenvalue weighted by atomic mass is 16.3. The van der Waals surface area contributed by atoms with Gasteiger partial charge in [0.25, 0.3) is 0 Å². The quantitative estimate of drug-likeness (QED) is 0.503. The van der Waals surface area contributed by atoms with Gasteiger partial charge in [-0.2, -0.15) is 0 Å². The number of rotatable bonds is 2. The molecule has 2 saturated carbocycles. The predicted octanol–water partition coefficient (Wildman–Crippen LogP) is 1.38. The lowest BCUT2D eigenvalue weighted by atomic mass is 9.65. The molecule has 0 saturated heterocycles. The monoisotopic (exact) mass is 239 g/mol. The summed E-state index contributed by atoms with van der Waals surface area (Å²) in [4.78, 5) is 4.50. The van der Waals surface area contributed by atoms with Gasteiger partial charge in [-0.1, -0.05) is 33.1 Å². The van der Waals surface area contributed by atoms with Crippen LogP contribution in [-0.4, -0.2) is 29.3 Å². The van der Waals surface area contributed by atoms with Crippen LogP contribution in [-0.2, 0) is 0 Å². The number of guanidine groups is 1. The third-order valence-electron chi connectivity index (χ3n) is 4.42. The lowest BCUT2D eigenvalue weighted by molar-refractivity contribution is -0.0577. The van der Waals surface area contributed by atoms with Gasteiger partial charge in [-0.25, -0.2) is 4.99 Å². The van der Waals surface area contributed by atoms with Gasteiger partial charge in [0, 0.05) is 11.5 Å². The summed E-state index contributed by atoms with van der Waals surface area (Å²) in [6, 6.07) is 0.661. The molecular weight excluding hydrogens is 214 g/mol. The first kappa shape index (κ1) is 12.7. The van der Waals surface area contributed by atoms with Crippen LogP contribution in [0.4, 0.5) is 0 Å². The zero-order chi connectivity index (χ0) is 12.5. The zero-order valence-corrected chi connectivity index (χ0v) is 10.9. The van der Waals surface area contributed by atoms with Crippen molar-refractivity contribution in [1.29, 1.82) is 0 Å². The van der Waals surface area contributed by atoms with Gasteiger partial charge in [0.1, 0.15) is 0 Å². The van der Waals surface area contributed by atoms with Crippen molar-refractivity contribution >= 4 is 5.96 Å². The Bertz CT molecular complexity index is 295. The minimum Gasteiger partial charge on any atom is -0.392 e. The molecule has 2 atom stereocenters. The van der Waals surface area contributed by atoms with Crippen LogP contribution in [0, 0.1) is 5.41 Å². The van der Waals surface area contributed by atoms with Crippen molar-refractivity contribution in [2.45, 2.75) is 70.6 Å². The van der Waals surface area contributed by atoms with Gasteiger partial charge in [-0.05, 0) is 19.3 Å². The molecule has 0 heterocycles. The Kier molecular flexibility index (Phi) is 3.61. The van der Waals surface area contributed by atoms with Gasteiger partial charge in [0.05, 0.1) is 12.1 Å². The van der Waals surface area contributed by atoms with Crippen molar-refractivity contribution < 1.29 is 5.11 Å². The van der Waals surface area contributed by atoms with E-state index in [1.807, 2.05) is 13.8 Å². The lowest BCUT2D eigenvalue weighted by Gasteiger charge is -2.47. The van der Waals surface area contributed by atoms with Crippen molar-refractivity contribution in [2.75, 3.05) is 0 Å². The molecule has 0 aromatic rings. The first-order chi connectivity index (χ1) is 8.00. The fourth-order valence-electron chi connectivity index (χ4n) is 2.76. The van der Waals surface area contributed by atoms with E-state index in [-0.39, 0.29) is 17.6 Å². The molecule has 0 aromatic heterocycles. The minimum atomic E-state index is -0.237. The number of aliphatic imine (C=N–C) groups is 1. The fourth-order valence-corrected chi connectivity index (χ4v) is 2.76. The third-order valence-corrected chi connectivity index (χ3v) is 4.42. The van der Waals surface area contributed by atoms with E-state index in [4.69, 9.17) is 5.73 Å². The first-order valence-corrected chi connectivity index (χ1v) is 6.78. The summed E-state index contributed by atoms with van der Waals surface area (Å²) in [5.74, 6) is 0.557. The second-order valence-corrected chi connectivity index (χ2v) is 6.08. The summed E-state index contributed by atoms with van der Waals surface area (Å²) in [7, 11) is 0. The van der Waals surface area contributed by atoms with Crippen molar-refractivity contribution in [1.82, 2.24) is 5.32 Å². The van der Waals surface area contributed by atoms with E-state index in [0.717, 1.165) is 6.42 Å². The Hall–Kier alpha value is -0.770. The van der Waals surface area contributed by atoms with Crippen LogP contribution >= 0.6 is 0 Å². The van der Waals surface area contributed by atoms with Gasteiger partial charge < -0.3 is 16.2 Å². The van der Waals surface area contributed by atoms with E-state index in [2.05, 4.69) is 10.3 Å². The summed E-state index contributed by atoms with van der Waals surface area (Å²) in [6.45, 7) is 4.09. The van der Waals surface area contributed by atoms with Gasteiger partial charge in [-0.3, -0.25) is 0 Å². The average Bonchev–Trinajstić information content (AvgIpc) is 2.30. The molecule has 17 heavy (non-hydrogen) atoms. The maximum Gasteiger partial charge on any atom is 0.189 e. The maximum absolute atomic E-state index is 9.65. The average molecular weight is 239 g/mol. The number of hydrogen-bond donors (Lipinski definition) is 3. The zero-order valence-electron chi connectivity index (χ0n) is 10.9.